The number of hydrogen-bond acceptors (Lipinski definition) is 6. The summed E-state index contributed by atoms with van der Waals surface area (Å²) in [5.41, 5.74) is 1.90. The fraction of sp³-hybridized carbons (Fsp3) is 0.529. The number of rotatable bonds is 3. The number of amidine groups is 1. The first kappa shape index (κ1) is 16.3. The molecule has 8 heteroatoms. The molecule has 1 aromatic heterocycles. The van der Waals surface area contributed by atoms with Crippen LogP contribution in [0.25, 0.3) is 0 Å². The molecule has 0 aromatic carbocycles. The van der Waals surface area contributed by atoms with Gasteiger partial charge in [0.05, 0.1) is 5.54 Å². The van der Waals surface area contributed by atoms with E-state index in [1.54, 1.807) is 13.4 Å². The largest absolute Gasteiger partial charge is 0.366 e. The summed E-state index contributed by atoms with van der Waals surface area (Å²) in [7, 11) is 1.78. The van der Waals surface area contributed by atoms with Gasteiger partial charge in [-0.3, -0.25) is 9.79 Å². The maximum absolute atomic E-state index is 12.9. The standard InChI is InChI=1S/C17H22N6OS/c1-17(2)13-4-5-19-15(18-3)12(13)9-23(17)14(24)6-11-7-22(8-11)16-20-10-21-25-16/h4,9-11H,5-8H2,1-3H3,(H,18,19). The Morgan fingerprint density at radius 2 is 2.28 bits per heavy atom. The maximum atomic E-state index is 12.9. The molecule has 0 aliphatic carbocycles. The summed E-state index contributed by atoms with van der Waals surface area (Å²) in [4.78, 5) is 25.5. The summed E-state index contributed by atoms with van der Waals surface area (Å²) in [5.74, 6) is 1.41. The summed E-state index contributed by atoms with van der Waals surface area (Å²) in [6.45, 7) is 6.71. The molecule has 4 rings (SSSR count). The van der Waals surface area contributed by atoms with Crippen LogP contribution in [0.4, 0.5) is 5.13 Å². The van der Waals surface area contributed by atoms with E-state index in [1.165, 1.54) is 17.1 Å². The van der Waals surface area contributed by atoms with Crippen LogP contribution < -0.4 is 10.2 Å². The zero-order valence-electron chi connectivity index (χ0n) is 14.7. The second kappa shape index (κ2) is 5.94. The monoisotopic (exact) mass is 358 g/mol. The fourth-order valence-electron chi connectivity index (χ4n) is 3.80. The summed E-state index contributed by atoms with van der Waals surface area (Å²) in [6, 6.07) is 0. The smallest absolute Gasteiger partial charge is 0.227 e. The topological polar surface area (TPSA) is 73.7 Å². The Labute approximate surface area is 151 Å². The van der Waals surface area contributed by atoms with E-state index < -0.39 is 0 Å². The van der Waals surface area contributed by atoms with Crippen molar-refractivity contribution in [2.45, 2.75) is 25.8 Å². The molecule has 3 aliphatic heterocycles. The lowest BCUT2D eigenvalue weighted by molar-refractivity contribution is -0.132. The van der Waals surface area contributed by atoms with E-state index in [-0.39, 0.29) is 11.4 Å². The van der Waals surface area contributed by atoms with Crippen molar-refractivity contribution in [2.75, 3.05) is 31.6 Å². The number of carbonyl (C=O) groups is 1. The molecule has 7 nitrogen and oxygen atoms in total. The normalized spacial score (nSPS) is 23.7. The maximum Gasteiger partial charge on any atom is 0.227 e. The minimum Gasteiger partial charge on any atom is -0.366 e. The number of nitrogens with zero attached hydrogens (tertiary/aromatic N) is 5. The number of amides is 1. The van der Waals surface area contributed by atoms with E-state index >= 15 is 0 Å². The van der Waals surface area contributed by atoms with Crippen LogP contribution in [0.15, 0.2) is 34.7 Å². The molecule has 0 saturated carbocycles. The average Bonchev–Trinajstić information content (AvgIpc) is 3.16. The van der Waals surface area contributed by atoms with Gasteiger partial charge in [-0.15, -0.1) is 0 Å². The van der Waals surface area contributed by atoms with Crippen molar-refractivity contribution < 1.29 is 4.79 Å². The van der Waals surface area contributed by atoms with Gasteiger partial charge in [0.1, 0.15) is 12.2 Å². The highest BCUT2D eigenvalue weighted by molar-refractivity contribution is 7.09. The first-order valence-corrected chi connectivity index (χ1v) is 9.25. The van der Waals surface area contributed by atoms with Gasteiger partial charge in [0.15, 0.2) is 0 Å². The van der Waals surface area contributed by atoms with E-state index in [0.717, 1.165) is 36.2 Å². The molecule has 0 atom stereocenters. The van der Waals surface area contributed by atoms with E-state index in [0.29, 0.717) is 12.3 Å². The molecule has 0 spiro atoms. The van der Waals surface area contributed by atoms with Crippen LogP contribution in [0.5, 0.6) is 0 Å². The molecule has 0 unspecified atom stereocenters. The SMILES string of the molecule is CN=C1NCC=C2C1=CN(C(=O)CC1CN(c3ncns3)C1)C2(C)C. The first-order valence-electron chi connectivity index (χ1n) is 8.48. The predicted octanol–water partition coefficient (Wildman–Crippen LogP) is 1.43. The number of hydrogen-bond donors (Lipinski definition) is 1. The number of aliphatic imine (C=N–C) groups is 1. The van der Waals surface area contributed by atoms with Crippen molar-refractivity contribution in [3.05, 3.63) is 29.7 Å². The van der Waals surface area contributed by atoms with Crippen molar-refractivity contribution >= 4 is 28.4 Å². The molecule has 0 radical (unpaired) electrons. The molecule has 4 heterocycles. The molecule has 0 bridgehead atoms. The molecule has 1 fully saturated rings. The lowest BCUT2D eigenvalue weighted by Gasteiger charge is -2.40. The molecule has 132 valence electrons. The van der Waals surface area contributed by atoms with Crippen molar-refractivity contribution in [1.82, 2.24) is 19.6 Å². The second-order valence-corrected chi connectivity index (χ2v) is 7.89. The Hall–Kier alpha value is -2.22. The lowest BCUT2D eigenvalue weighted by Crippen LogP contribution is -2.50. The molecule has 1 saturated heterocycles. The molecule has 3 aliphatic rings. The summed E-state index contributed by atoms with van der Waals surface area (Å²) in [5, 5.41) is 4.21. The van der Waals surface area contributed by atoms with Gasteiger partial charge in [-0.1, -0.05) is 6.08 Å². The van der Waals surface area contributed by atoms with Gasteiger partial charge >= 0.3 is 0 Å². The third kappa shape index (κ3) is 2.64. The van der Waals surface area contributed by atoms with Gasteiger partial charge in [0.25, 0.3) is 0 Å². The minimum atomic E-state index is -0.326. The van der Waals surface area contributed by atoms with E-state index in [4.69, 9.17) is 0 Å². The Morgan fingerprint density at radius 3 is 2.96 bits per heavy atom. The molecular formula is C17H22N6OS. The van der Waals surface area contributed by atoms with E-state index in [9.17, 15) is 4.79 Å². The van der Waals surface area contributed by atoms with Crippen LogP contribution in [0.2, 0.25) is 0 Å². The second-order valence-electron chi connectivity index (χ2n) is 7.14. The van der Waals surface area contributed by atoms with Crippen molar-refractivity contribution in [1.29, 1.82) is 0 Å². The summed E-state index contributed by atoms with van der Waals surface area (Å²) < 4.78 is 4.03. The highest BCUT2D eigenvalue weighted by Crippen LogP contribution is 2.39. The number of fused-ring (bicyclic) bond motifs is 1. The Morgan fingerprint density at radius 1 is 1.48 bits per heavy atom. The molecule has 1 amide bonds. The molecule has 1 N–H and O–H groups in total. The summed E-state index contributed by atoms with van der Waals surface area (Å²) in [6.07, 6.45) is 6.26. The molecular weight excluding hydrogens is 336 g/mol. The van der Waals surface area contributed by atoms with E-state index in [1.807, 2.05) is 11.1 Å². The number of carbonyl (C=O) groups excluding carboxylic acids is 1. The lowest BCUT2D eigenvalue weighted by atomic mass is 9.88. The third-order valence-corrected chi connectivity index (χ3v) is 5.90. The van der Waals surface area contributed by atoms with Crippen LogP contribution in [0, 0.1) is 5.92 Å². The Balaban J connectivity index is 1.45. The van der Waals surface area contributed by atoms with Gasteiger partial charge in [-0.2, -0.15) is 4.37 Å². The van der Waals surface area contributed by atoms with Gasteiger partial charge in [0, 0.05) is 62.3 Å². The highest BCUT2D eigenvalue weighted by atomic mass is 32.1. The van der Waals surface area contributed by atoms with Gasteiger partial charge in [-0.25, -0.2) is 4.98 Å². The van der Waals surface area contributed by atoms with Crippen LogP contribution in [0.1, 0.15) is 20.3 Å². The summed E-state index contributed by atoms with van der Waals surface area (Å²) >= 11 is 1.40. The average molecular weight is 358 g/mol. The number of aromatic nitrogens is 2. The van der Waals surface area contributed by atoms with Crippen molar-refractivity contribution in [3.8, 4) is 0 Å². The van der Waals surface area contributed by atoms with Crippen LogP contribution in [-0.4, -0.2) is 58.2 Å². The van der Waals surface area contributed by atoms with Crippen LogP contribution in [-0.2, 0) is 4.79 Å². The zero-order valence-corrected chi connectivity index (χ0v) is 15.5. The van der Waals surface area contributed by atoms with Crippen molar-refractivity contribution in [3.63, 3.8) is 0 Å². The highest BCUT2D eigenvalue weighted by Gasteiger charge is 2.43. The number of anilines is 1. The van der Waals surface area contributed by atoms with Gasteiger partial charge in [0.2, 0.25) is 11.0 Å². The van der Waals surface area contributed by atoms with Gasteiger partial charge in [-0.05, 0) is 19.4 Å². The van der Waals surface area contributed by atoms with Crippen molar-refractivity contribution in [2.24, 2.45) is 10.9 Å². The third-order valence-electron chi connectivity index (χ3n) is 5.17. The quantitative estimate of drug-likeness (QED) is 0.885. The minimum absolute atomic E-state index is 0.171. The predicted molar refractivity (Wildman–Crippen MR) is 98.7 cm³/mol. The fourth-order valence-corrected chi connectivity index (χ4v) is 4.35. The first-order chi connectivity index (χ1) is 12.0. The van der Waals surface area contributed by atoms with E-state index in [2.05, 4.69) is 44.5 Å². The van der Waals surface area contributed by atoms with Crippen LogP contribution >= 0.6 is 11.5 Å². The zero-order chi connectivity index (χ0) is 17.6. The number of nitrogens with one attached hydrogen (secondary N) is 1. The molecule has 25 heavy (non-hydrogen) atoms. The molecule has 1 aromatic rings. The Bertz CT molecular complexity index is 773. The Kier molecular flexibility index (Phi) is 3.87. The van der Waals surface area contributed by atoms with Gasteiger partial charge < -0.3 is 15.1 Å². The van der Waals surface area contributed by atoms with Crippen LogP contribution in [0.3, 0.4) is 0 Å².